The summed E-state index contributed by atoms with van der Waals surface area (Å²) >= 11 is 0. The van der Waals surface area contributed by atoms with Gasteiger partial charge in [0.25, 0.3) is 0 Å². The summed E-state index contributed by atoms with van der Waals surface area (Å²) in [5.74, 6) is 1.50. The van der Waals surface area contributed by atoms with Crippen LogP contribution in [0.2, 0.25) is 0 Å². The molecule has 16 heavy (non-hydrogen) atoms. The van der Waals surface area contributed by atoms with E-state index in [-0.39, 0.29) is 0 Å². The molecule has 2 N–H and O–H groups in total. The molecule has 1 aromatic rings. The monoisotopic (exact) mass is 218 g/mol. The van der Waals surface area contributed by atoms with Gasteiger partial charge in [0.05, 0.1) is 0 Å². The van der Waals surface area contributed by atoms with E-state index in [0.29, 0.717) is 0 Å². The molecule has 0 amide bonds. The number of rotatable bonds is 3. The lowest BCUT2D eigenvalue weighted by atomic mass is 9.83. The Morgan fingerprint density at radius 3 is 2.69 bits per heavy atom. The van der Waals surface area contributed by atoms with Gasteiger partial charge in [0.1, 0.15) is 0 Å². The maximum absolute atomic E-state index is 5.90. The molecule has 1 aromatic heterocycles. The van der Waals surface area contributed by atoms with Gasteiger partial charge in [-0.05, 0) is 49.3 Å². The Morgan fingerprint density at radius 2 is 2.00 bits per heavy atom. The molecule has 0 aromatic carbocycles. The highest BCUT2D eigenvalue weighted by Crippen LogP contribution is 2.30. The van der Waals surface area contributed by atoms with E-state index in [1.165, 1.54) is 37.7 Å². The van der Waals surface area contributed by atoms with Crippen molar-refractivity contribution in [1.29, 1.82) is 0 Å². The summed E-state index contributed by atoms with van der Waals surface area (Å²) in [4.78, 5) is 4.19. The van der Waals surface area contributed by atoms with Crippen molar-refractivity contribution in [1.82, 2.24) is 4.98 Å². The zero-order valence-electron chi connectivity index (χ0n) is 9.94. The first-order chi connectivity index (χ1) is 7.90. The fourth-order valence-corrected chi connectivity index (χ4v) is 2.86. The molecule has 1 aliphatic rings. The molecule has 1 aliphatic carbocycles. The summed E-state index contributed by atoms with van der Waals surface area (Å²) in [5.41, 5.74) is 7.27. The average molecular weight is 218 g/mol. The van der Waals surface area contributed by atoms with Gasteiger partial charge in [-0.2, -0.15) is 0 Å². The predicted molar refractivity (Wildman–Crippen MR) is 67.1 cm³/mol. The van der Waals surface area contributed by atoms with E-state index in [9.17, 15) is 0 Å². The van der Waals surface area contributed by atoms with Crippen LogP contribution in [-0.2, 0) is 6.42 Å². The summed E-state index contributed by atoms with van der Waals surface area (Å²) < 4.78 is 0. The molecule has 0 aliphatic heterocycles. The Hall–Kier alpha value is -0.890. The fourth-order valence-electron chi connectivity index (χ4n) is 2.86. The highest BCUT2D eigenvalue weighted by Gasteiger charge is 2.22. The van der Waals surface area contributed by atoms with Crippen molar-refractivity contribution >= 4 is 0 Å². The summed E-state index contributed by atoms with van der Waals surface area (Å²) in [6.07, 6.45) is 11.8. The van der Waals surface area contributed by atoms with Crippen LogP contribution < -0.4 is 5.73 Å². The number of pyridine rings is 1. The van der Waals surface area contributed by atoms with Crippen LogP contribution in [0.15, 0.2) is 24.5 Å². The molecule has 88 valence electrons. The van der Waals surface area contributed by atoms with Crippen molar-refractivity contribution in [3.8, 4) is 0 Å². The third-order valence-electron chi connectivity index (χ3n) is 3.84. The highest BCUT2D eigenvalue weighted by atomic mass is 14.6. The molecular formula is C14H22N2. The largest absolute Gasteiger partial charge is 0.330 e. The number of hydrogen-bond donors (Lipinski definition) is 1. The van der Waals surface area contributed by atoms with E-state index in [0.717, 1.165) is 24.8 Å². The topological polar surface area (TPSA) is 38.9 Å². The van der Waals surface area contributed by atoms with E-state index in [1.54, 1.807) is 0 Å². The summed E-state index contributed by atoms with van der Waals surface area (Å²) in [7, 11) is 0. The van der Waals surface area contributed by atoms with Crippen LogP contribution in [0.4, 0.5) is 0 Å². The number of aromatic nitrogens is 1. The minimum Gasteiger partial charge on any atom is -0.330 e. The molecule has 2 atom stereocenters. The third kappa shape index (κ3) is 3.05. The van der Waals surface area contributed by atoms with Gasteiger partial charge in [-0.25, -0.2) is 0 Å². The van der Waals surface area contributed by atoms with Crippen molar-refractivity contribution < 1.29 is 0 Å². The van der Waals surface area contributed by atoms with Gasteiger partial charge in [0.15, 0.2) is 0 Å². The molecule has 0 saturated heterocycles. The van der Waals surface area contributed by atoms with Crippen LogP contribution in [0.25, 0.3) is 0 Å². The van der Waals surface area contributed by atoms with E-state index >= 15 is 0 Å². The predicted octanol–water partition coefficient (Wildman–Crippen LogP) is 2.78. The standard InChI is InChI=1S/C14H22N2/c15-10-14-7-3-1-2-6-13(14)9-12-5-4-8-16-11-12/h4-5,8,11,13-14H,1-3,6-7,9-10,15H2. The first kappa shape index (κ1) is 11.6. The minimum absolute atomic E-state index is 0.725. The lowest BCUT2D eigenvalue weighted by Crippen LogP contribution is -2.24. The smallest absolute Gasteiger partial charge is 0.0299 e. The maximum Gasteiger partial charge on any atom is 0.0299 e. The normalized spacial score (nSPS) is 26.3. The van der Waals surface area contributed by atoms with Crippen LogP contribution in [-0.4, -0.2) is 11.5 Å². The lowest BCUT2D eigenvalue weighted by molar-refractivity contribution is 0.318. The zero-order chi connectivity index (χ0) is 11.2. The molecule has 0 radical (unpaired) electrons. The Labute approximate surface area is 98.3 Å². The number of nitrogens with two attached hydrogens (primary N) is 1. The molecule has 2 rings (SSSR count). The molecule has 1 fully saturated rings. The second-order valence-electron chi connectivity index (χ2n) is 4.96. The van der Waals surface area contributed by atoms with Gasteiger partial charge in [-0.1, -0.05) is 25.3 Å². The molecular weight excluding hydrogens is 196 g/mol. The van der Waals surface area contributed by atoms with Crippen LogP contribution in [0, 0.1) is 11.8 Å². The van der Waals surface area contributed by atoms with Gasteiger partial charge < -0.3 is 5.73 Å². The van der Waals surface area contributed by atoms with Gasteiger partial charge in [0.2, 0.25) is 0 Å². The van der Waals surface area contributed by atoms with Gasteiger partial charge in [-0.3, -0.25) is 4.98 Å². The summed E-state index contributed by atoms with van der Waals surface area (Å²) in [6.45, 7) is 0.852. The quantitative estimate of drug-likeness (QED) is 0.792. The average Bonchev–Trinajstić information content (AvgIpc) is 2.55. The van der Waals surface area contributed by atoms with Crippen molar-refractivity contribution in [2.75, 3.05) is 6.54 Å². The van der Waals surface area contributed by atoms with E-state index in [4.69, 9.17) is 5.73 Å². The SMILES string of the molecule is NCC1CCCCCC1Cc1cccnc1. The van der Waals surface area contributed by atoms with E-state index in [2.05, 4.69) is 11.1 Å². The Balaban J connectivity index is 2.00. The van der Waals surface area contributed by atoms with Crippen LogP contribution in [0.1, 0.15) is 37.7 Å². The van der Waals surface area contributed by atoms with Gasteiger partial charge >= 0.3 is 0 Å². The first-order valence-corrected chi connectivity index (χ1v) is 6.49. The molecule has 1 saturated carbocycles. The second-order valence-corrected chi connectivity index (χ2v) is 4.96. The fraction of sp³-hybridized carbons (Fsp3) is 0.643. The first-order valence-electron chi connectivity index (χ1n) is 6.49. The minimum atomic E-state index is 0.725. The Bertz CT molecular complexity index is 297. The van der Waals surface area contributed by atoms with Crippen molar-refractivity contribution in [3.05, 3.63) is 30.1 Å². The maximum atomic E-state index is 5.90. The number of nitrogens with zero attached hydrogens (tertiary/aromatic N) is 1. The molecule has 2 heteroatoms. The third-order valence-corrected chi connectivity index (χ3v) is 3.84. The summed E-state index contributed by atoms with van der Waals surface area (Å²) in [6, 6.07) is 4.22. The molecule has 0 spiro atoms. The Morgan fingerprint density at radius 1 is 1.19 bits per heavy atom. The highest BCUT2D eigenvalue weighted by molar-refractivity contribution is 5.09. The molecule has 2 unspecified atom stereocenters. The lowest BCUT2D eigenvalue weighted by Gasteiger charge is -2.23. The second kappa shape index (κ2) is 6.00. The molecule has 1 heterocycles. The van der Waals surface area contributed by atoms with Crippen molar-refractivity contribution in [2.45, 2.75) is 38.5 Å². The Kier molecular flexibility index (Phi) is 4.34. The number of hydrogen-bond acceptors (Lipinski definition) is 2. The van der Waals surface area contributed by atoms with Crippen molar-refractivity contribution in [2.24, 2.45) is 17.6 Å². The van der Waals surface area contributed by atoms with E-state index in [1.807, 2.05) is 18.5 Å². The zero-order valence-corrected chi connectivity index (χ0v) is 9.94. The van der Waals surface area contributed by atoms with E-state index < -0.39 is 0 Å². The van der Waals surface area contributed by atoms with Crippen LogP contribution in [0.5, 0.6) is 0 Å². The summed E-state index contributed by atoms with van der Waals surface area (Å²) in [5, 5.41) is 0. The van der Waals surface area contributed by atoms with Gasteiger partial charge in [0, 0.05) is 12.4 Å². The van der Waals surface area contributed by atoms with Crippen molar-refractivity contribution in [3.63, 3.8) is 0 Å². The molecule has 2 nitrogen and oxygen atoms in total. The van der Waals surface area contributed by atoms with Gasteiger partial charge in [-0.15, -0.1) is 0 Å². The van der Waals surface area contributed by atoms with Crippen LogP contribution >= 0.6 is 0 Å². The molecule has 0 bridgehead atoms. The van der Waals surface area contributed by atoms with Crippen LogP contribution in [0.3, 0.4) is 0 Å².